The molecule has 0 aromatic heterocycles. The molecule has 0 radical (unpaired) electrons. The SMILES string of the molecule is CCNCC1CCCCN1S(=O)(=O)NC1C(C)(C)C1(C)C. The van der Waals surface area contributed by atoms with Gasteiger partial charge in [0.15, 0.2) is 0 Å². The summed E-state index contributed by atoms with van der Waals surface area (Å²) >= 11 is 0. The fourth-order valence-electron chi connectivity index (χ4n) is 3.51. The van der Waals surface area contributed by atoms with Crippen LogP contribution in [-0.4, -0.2) is 44.4 Å². The van der Waals surface area contributed by atoms with Crippen LogP contribution in [0.25, 0.3) is 0 Å². The van der Waals surface area contributed by atoms with Gasteiger partial charge in [0.25, 0.3) is 10.2 Å². The monoisotopic (exact) mass is 317 g/mol. The van der Waals surface area contributed by atoms with Crippen molar-refractivity contribution in [3.8, 4) is 0 Å². The number of rotatable bonds is 6. The lowest BCUT2D eigenvalue weighted by Gasteiger charge is -2.35. The minimum Gasteiger partial charge on any atom is -0.315 e. The van der Waals surface area contributed by atoms with Crippen LogP contribution in [0.3, 0.4) is 0 Å². The Morgan fingerprint density at radius 2 is 1.76 bits per heavy atom. The minimum atomic E-state index is -3.40. The lowest BCUT2D eigenvalue weighted by atomic mass is 10.0. The lowest BCUT2D eigenvalue weighted by Crippen LogP contribution is -2.53. The predicted octanol–water partition coefficient (Wildman–Crippen LogP) is 1.72. The Morgan fingerprint density at radius 1 is 1.14 bits per heavy atom. The van der Waals surface area contributed by atoms with Crippen molar-refractivity contribution in [2.24, 2.45) is 10.8 Å². The highest BCUT2D eigenvalue weighted by Crippen LogP contribution is 2.62. The van der Waals surface area contributed by atoms with E-state index in [1.165, 1.54) is 0 Å². The summed E-state index contributed by atoms with van der Waals surface area (Å²) in [5, 5.41) is 3.29. The molecule has 1 atom stereocenters. The number of hydrogen-bond acceptors (Lipinski definition) is 3. The normalized spacial score (nSPS) is 29.5. The van der Waals surface area contributed by atoms with E-state index >= 15 is 0 Å². The molecule has 0 aromatic rings. The van der Waals surface area contributed by atoms with Gasteiger partial charge in [-0.05, 0) is 30.2 Å². The third kappa shape index (κ3) is 3.14. The van der Waals surface area contributed by atoms with E-state index in [2.05, 4.69) is 44.7 Å². The summed E-state index contributed by atoms with van der Waals surface area (Å²) in [4.78, 5) is 0. The molecule has 1 saturated heterocycles. The topological polar surface area (TPSA) is 61.4 Å². The molecule has 21 heavy (non-hydrogen) atoms. The number of hydrogen-bond donors (Lipinski definition) is 2. The van der Waals surface area contributed by atoms with Gasteiger partial charge in [0.2, 0.25) is 0 Å². The maximum absolute atomic E-state index is 12.8. The molecule has 1 aliphatic carbocycles. The van der Waals surface area contributed by atoms with Crippen molar-refractivity contribution in [1.82, 2.24) is 14.3 Å². The van der Waals surface area contributed by atoms with E-state index in [0.29, 0.717) is 6.54 Å². The zero-order chi connectivity index (χ0) is 15.9. The second-order valence-corrected chi connectivity index (χ2v) is 9.22. The number of nitrogens with zero attached hydrogens (tertiary/aromatic N) is 1. The molecule has 1 aliphatic heterocycles. The van der Waals surface area contributed by atoms with Crippen LogP contribution < -0.4 is 10.0 Å². The number of nitrogens with one attached hydrogen (secondary N) is 2. The van der Waals surface area contributed by atoms with Crippen molar-refractivity contribution in [2.45, 2.75) is 66.0 Å². The van der Waals surface area contributed by atoms with Gasteiger partial charge in [0.05, 0.1) is 0 Å². The first-order valence-electron chi connectivity index (χ1n) is 8.14. The van der Waals surface area contributed by atoms with Gasteiger partial charge in [0, 0.05) is 25.2 Å². The summed E-state index contributed by atoms with van der Waals surface area (Å²) in [6.45, 7) is 12.8. The van der Waals surface area contributed by atoms with Crippen molar-refractivity contribution < 1.29 is 8.42 Å². The van der Waals surface area contributed by atoms with Crippen LogP contribution in [0.2, 0.25) is 0 Å². The zero-order valence-electron chi connectivity index (χ0n) is 14.1. The Labute approximate surface area is 130 Å². The van der Waals surface area contributed by atoms with Gasteiger partial charge in [-0.15, -0.1) is 0 Å². The highest BCUT2D eigenvalue weighted by Gasteiger charge is 2.66. The first-order valence-corrected chi connectivity index (χ1v) is 9.58. The molecular weight excluding hydrogens is 286 g/mol. The van der Waals surface area contributed by atoms with Crippen molar-refractivity contribution in [3.05, 3.63) is 0 Å². The van der Waals surface area contributed by atoms with E-state index in [0.717, 1.165) is 32.4 Å². The van der Waals surface area contributed by atoms with Gasteiger partial charge in [-0.2, -0.15) is 17.4 Å². The molecule has 1 unspecified atom stereocenters. The third-order valence-corrected chi connectivity index (χ3v) is 7.43. The third-order valence-electron chi connectivity index (χ3n) is 5.80. The largest absolute Gasteiger partial charge is 0.315 e. The quantitative estimate of drug-likeness (QED) is 0.784. The molecule has 2 N–H and O–H groups in total. The van der Waals surface area contributed by atoms with E-state index in [9.17, 15) is 8.42 Å². The fraction of sp³-hybridized carbons (Fsp3) is 1.00. The first kappa shape index (κ1) is 17.2. The standard InChI is InChI=1S/C15H31N3O2S/c1-6-16-11-12-9-7-8-10-18(12)21(19,20)17-13-14(2,3)15(13,4)5/h12-13,16-17H,6-11H2,1-5H3. The Kier molecular flexibility index (Phi) is 4.74. The second-order valence-electron chi connectivity index (χ2n) is 7.57. The lowest BCUT2D eigenvalue weighted by molar-refractivity contribution is 0.243. The van der Waals surface area contributed by atoms with Crippen molar-refractivity contribution in [3.63, 3.8) is 0 Å². The van der Waals surface area contributed by atoms with Crippen LogP contribution in [0.1, 0.15) is 53.9 Å². The Balaban J connectivity index is 2.07. The molecular formula is C15H31N3O2S. The van der Waals surface area contributed by atoms with Crippen LogP contribution in [-0.2, 0) is 10.2 Å². The van der Waals surface area contributed by atoms with Crippen molar-refractivity contribution in [2.75, 3.05) is 19.6 Å². The summed E-state index contributed by atoms with van der Waals surface area (Å²) in [7, 11) is -3.40. The van der Waals surface area contributed by atoms with Gasteiger partial charge in [0.1, 0.15) is 0 Å². The molecule has 0 bridgehead atoms. The molecule has 0 amide bonds. The molecule has 1 saturated carbocycles. The smallest absolute Gasteiger partial charge is 0.280 e. The Hall–Kier alpha value is -0.170. The van der Waals surface area contributed by atoms with E-state index in [4.69, 9.17) is 0 Å². The second kappa shape index (κ2) is 5.80. The first-order chi connectivity index (χ1) is 9.64. The average molecular weight is 317 g/mol. The molecule has 124 valence electrons. The summed E-state index contributed by atoms with van der Waals surface area (Å²) in [5.41, 5.74) is 0.0417. The van der Waals surface area contributed by atoms with E-state index < -0.39 is 10.2 Å². The van der Waals surface area contributed by atoms with Gasteiger partial charge in [-0.3, -0.25) is 0 Å². The number of likely N-dealkylation sites (N-methyl/N-ethyl adjacent to an activating group) is 1. The average Bonchev–Trinajstić information content (AvgIpc) is 2.78. The molecule has 1 heterocycles. The summed E-state index contributed by atoms with van der Waals surface area (Å²) < 4.78 is 30.2. The molecule has 5 nitrogen and oxygen atoms in total. The van der Waals surface area contributed by atoms with E-state index in [1.807, 2.05) is 0 Å². The van der Waals surface area contributed by atoms with Gasteiger partial charge >= 0.3 is 0 Å². The highest BCUT2D eigenvalue weighted by molar-refractivity contribution is 7.87. The molecule has 6 heteroatoms. The molecule has 2 aliphatic rings. The van der Waals surface area contributed by atoms with Crippen molar-refractivity contribution >= 4 is 10.2 Å². The molecule has 2 rings (SSSR count). The maximum Gasteiger partial charge on any atom is 0.280 e. The molecule has 2 fully saturated rings. The van der Waals surface area contributed by atoms with Gasteiger partial charge in [-0.25, -0.2) is 0 Å². The maximum atomic E-state index is 12.8. The zero-order valence-corrected chi connectivity index (χ0v) is 14.9. The fourth-order valence-corrected chi connectivity index (χ4v) is 5.48. The Morgan fingerprint density at radius 3 is 2.29 bits per heavy atom. The van der Waals surface area contributed by atoms with E-state index in [-0.39, 0.29) is 22.9 Å². The van der Waals surface area contributed by atoms with Crippen LogP contribution in [0.15, 0.2) is 0 Å². The van der Waals surface area contributed by atoms with Crippen LogP contribution >= 0.6 is 0 Å². The summed E-state index contributed by atoms with van der Waals surface area (Å²) in [6.07, 6.45) is 3.02. The Bertz CT molecular complexity index is 459. The van der Waals surface area contributed by atoms with Crippen LogP contribution in [0.4, 0.5) is 0 Å². The van der Waals surface area contributed by atoms with E-state index in [1.54, 1.807) is 4.31 Å². The van der Waals surface area contributed by atoms with Gasteiger partial charge < -0.3 is 5.32 Å². The van der Waals surface area contributed by atoms with Gasteiger partial charge in [-0.1, -0.05) is 41.0 Å². The molecule has 0 aromatic carbocycles. The molecule has 0 spiro atoms. The highest BCUT2D eigenvalue weighted by atomic mass is 32.2. The summed E-state index contributed by atoms with van der Waals surface area (Å²) in [6, 6.07) is 0.109. The van der Waals surface area contributed by atoms with Crippen LogP contribution in [0.5, 0.6) is 0 Å². The summed E-state index contributed by atoms with van der Waals surface area (Å²) in [5.74, 6) is 0. The van der Waals surface area contributed by atoms with Crippen LogP contribution in [0, 0.1) is 10.8 Å². The minimum absolute atomic E-state index is 0.0209. The van der Waals surface area contributed by atoms with Crippen molar-refractivity contribution in [1.29, 1.82) is 0 Å². The number of piperidine rings is 1. The predicted molar refractivity (Wildman–Crippen MR) is 86.3 cm³/mol.